The van der Waals surface area contributed by atoms with Crippen molar-refractivity contribution >= 4 is 11.9 Å². The molecule has 0 aliphatic heterocycles. The van der Waals surface area contributed by atoms with Crippen LogP contribution in [0, 0.1) is 29.1 Å². The maximum absolute atomic E-state index is 12.2. The van der Waals surface area contributed by atoms with E-state index in [2.05, 4.69) is 5.32 Å². The van der Waals surface area contributed by atoms with E-state index in [1.165, 1.54) is 38.5 Å². The molecular weight excluding hydrogens is 254 g/mol. The average molecular weight is 279 g/mol. The molecule has 0 aromatic rings. The van der Waals surface area contributed by atoms with Gasteiger partial charge in [0, 0.05) is 13.0 Å². The number of hydrogen-bond donors (Lipinski definition) is 2. The van der Waals surface area contributed by atoms with Gasteiger partial charge in [0.2, 0.25) is 5.91 Å². The minimum Gasteiger partial charge on any atom is -0.481 e. The molecule has 4 saturated carbocycles. The van der Waals surface area contributed by atoms with Crippen molar-refractivity contribution < 1.29 is 14.7 Å². The van der Waals surface area contributed by atoms with E-state index in [-0.39, 0.29) is 17.9 Å². The van der Waals surface area contributed by atoms with Crippen molar-refractivity contribution in [1.29, 1.82) is 0 Å². The maximum Gasteiger partial charge on any atom is 0.308 e. The van der Waals surface area contributed by atoms with Crippen molar-refractivity contribution in [3.05, 3.63) is 0 Å². The van der Waals surface area contributed by atoms with E-state index in [9.17, 15) is 9.59 Å². The Labute approximate surface area is 120 Å². The summed E-state index contributed by atoms with van der Waals surface area (Å²) in [4.78, 5) is 22.9. The molecule has 0 heterocycles. The first-order valence-corrected chi connectivity index (χ1v) is 7.95. The van der Waals surface area contributed by atoms with E-state index >= 15 is 0 Å². The third-order valence-electron chi connectivity index (χ3n) is 5.73. The second-order valence-electron chi connectivity index (χ2n) is 7.64. The van der Waals surface area contributed by atoms with Crippen LogP contribution >= 0.6 is 0 Å². The first-order chi connectivity index (χ1) is 9.46. The fraction of sp³-hybridized carbons (Fsp3) is 0.875. The third-order valence-corrected chi connectivity index (χ3v) is 5.73. The fourth-order valence-corrected chi connectivity index (χ4v) is 5.26. The van der Waals surface area contributed by atoms with Gasteiger partial charge >= 0.3 is 5.97 Å². The van der Waals surface area contributed by atoms with E-state index in [0.717, 1.165) is 17.8 Å². The molecule has 4 heteroatoms. The number of carbonyl (C=O) groups is 2. The molecule has 2 N–H and O–H groups in total. The van der Waals surface area contributed by atoms with E-state index in [0.29, 0.717) is 6.42 Å². The van der Waals surface area contributed by atoms with Crippen LogP contribution in [-0.2, 0) is 9.59 Å². The lowest BCUT2D eigenvalue weighted by molar-refractivity contribution is -0.141. The molecule has 0 aromatic carbocycles. The highest BCUT2D eigenvalue weighted by Crippen LogP contribution is 2.61. The number of carboxylic acid groups (broad SMARTS) is 1. The molecule has 1 atom stereocenters. The summed E-state index contributed by atoms with van der Waals surface area (Å²) in [6.07, 6.45) is 8.44. The molecule has 4 aliphatic rings. The molecule has 1 amide bonds. The van der Waals surface area contributed by atoms with Crippen molar-refractivity contribution in [3.8, 4) is 0 Å². The molecule has 20 heavy (non-hydrogen) atoms. The minimum absolute atomic E-state index is 0.0556. The number of amides is 1. The summed E-state index contributed by atoms with van der Waals surface area (Å²) in [5.74, 6) is 1.27. The molecule has 1 unspecified atom stereocenters. The van der Waals surface area contributed by atoms with E-state index in [1.54, 1.807) is 6.92 Å². The Hall–Kier alpha value is -1.06. The van der Waals surface area contributed by atoms with Gasteiger partial charge in [0.1, 0.15) is 0 Å². The van der Waals surface area contributed by atoms with Crippen LogP contribution in [0.25, 0.3) is 0 Å². The molecule has 4 aliphatic carbocycles. The van der Waals surface area contributed by atoms with Crippen LogP contribution in [0.15, 0.2) is 0 Å². The molecule has 0 radical (unpaired) electrons. The summed E-state index contributed by atoms with van der Waals surface area (Å²) in [5, 5.41) is 11.7. The molecule has 0 spiro atoms. The first kappa shape index (κ1) is 13.9. The largest absolute Gasteiger partial charge is 0.481 e. The summed E-state index contributed by atoms with van der Waals surface area (Å²) in [5.41, 5.74) is 0.241. The number of hydrogen-bond acceptors (Lipinski definition) is 2. The SMILES string of the molecule is CC(CNC(=O)CC12CC3CC(CC(C3)C1)C2)C(=O)O. The standard InChI is InChI=1S/C16H25NO3/c1-10(15(19)20)9-17-14(18)8-16-5-11-2-12(6-16)4-13(3-11)7-16/h10-13H,2-9H2,1H3,(H,17,18)(H,19,20). The molecule has 0 aromatic heterocycles. The van der Waals surface area contributed by atoms with Gasteiger partial charge in [0.05, 0.1) is 5.92 Å². The van der Waals surface area contributed by atoms with Gasteiger partial charge in [0.15, 0.2) is 0 Å². The fourth-order valence-electron chi connectivity index (χ4n) is 5.26. The van der Waals surface area contributed by atoms with E-state index < -0.39 is 11.9 Å². The second-order valence-corrected chi connectivity index (χ2v) is 7.64. The quantitative estimate of drug-likeness (QED) is 0.812. The van der Waals surface area contributed by atoms with Gasteiger partial charge in [0.25, 0.3) is 0 Å². The van der Waals surface area contributed by atoms with Gasteiger partial charge in [-0.25, -0.2) is 0 Å². The Morgan fingerprint density at radius 1 is 1.15 bits per heavy atom. The molecule has 4 rings (SSSR count). The molecule has 4 bridgehead atoms. The highest BCUT2D eigenvalue weighted by atomic mass is 16.4. The number of nitrogens with one attached hydrogen (secondary N) is 1. The Kier molecular flexibility index (Phi) is 3.51. The highest BCUT2D eigenvalue weighted by Gasteiger charge is 2.51. The normalized spacial score (nSPS) is 39.5. The van der Waals surface area contributed by atoms with Crippen LogP contribution in [0.3, 0.4) is 0 Å². The number of aliphatic carboxylic acids is 1. The zero-order valence-corrected chi connectivity index (χ0v) is 12.2. The van der Waals surface area contributed by atoms with Crippen molar-refractivity contribution in [2.24, 2.45) is 29.1 Å². The van der Waals surface area contributed by atoms with Crippen LogP contribution in [0.1, 0.15) is 51.9 Å². The Bertz CT molecular complexity index is 383. The minimum atomic E-state index is -0.847. The predicted octanol–water partition coefficient (Wildman–Crippen LogP) is 2.43. The first-order valence-electron chi connectivity index (χ1n) is 7.95. The predicted molar refractivity (Wildman–Crippen MR) is 75.0 cm³/mol. The van der Waals surface area contributed by atoms with E-state index in [4.69, 9.17) is 5.11 Å². The Balaban J connectivity index is 1.55. The summed E-state index contributed by atoms with van der Waals surface area (Å²) in [6, 6.07) is 0. The number of carbonyl (C=O) groups excluding carboxylic acids is 1. The smallest absolute Gasteiger partial charge is 0.308 e. The van der Waals surface area contributed by atoms with Gasteiger partial charge in [-0.2, -0.15) is 0 Å². The summed E-state index contributed by atoms with van der Waals surface area (Å²) >= 11 is 0. The van der Waals surface area contributed by atoms with Crippen molar-refractivity contribution in [1.82, 2.24) is 5.32 Å². The molecular formula is C16H25NO3. The number of rotatable bonds is 5. The second kappa shape index (κ2) is 5.05. The topological polar surface area (TPSA) is 66.4 Å². The lowest BCUT2D eigenvalue weighted by Crippen LogP contribution is -2.48. The summed E-state index contributed by atoms with van der Waals surface area (Å²) in [6.45, 7) is 1.88. The van der Waals surface area contributed by atoms with Crippen LogP contribution in [0.4, 0.5) is 0 Å². The lowest BCUT2D eigenvalue weighted by atomic mass is 9.49. The van der Waals surface area contributed by atoms with Gasteiger partial charge in [-0.3, -0.25) is 9.59 Å². The van der Waals surface area contributed by atoms with Gasteiger partial charge in [-0.05, 0) is 61.7 Å². The molecule has 0 saturated heterocycles. The average Bonchev–Trinajstić information content (AvgIpc) is 2.33. The zero-order valence-electron chi connectivity index (χ0n) is 12.2. The monoisotopic (exact) mass is 279 g/mol. The molecule has 4 fully saturated rings. The molecule has 4 nitrogen and oxygen atoms in total. The lowest BCUT2D eigenvalue weighted by Gasteiger charge is -2.56. The Morgan fingerprint density at radius 3 is 2.10 bits per heavy atom. The van der Waals surface area contributed by atoms with Gasteiger partial charge in [-0.1, -0.05) is 6.92 Å². The van der Waals surface area contributed by atoms with Crippen LogP contribution in [0.5, 0.6) is 0 Å². The van der Waals surface area contributed by atoms with Crippen LogP contribution in [-0.4, -0.2) is 23.5 Å². The zero-order chi connectivity index (χ0) is 14.3. The van der Waals surface area contributed by atoms with E-state index in [1.807, 2.05) is 0 Å². The third kappa shape index (κ3) is 2.70. The van der Waals surface area contributed by atoms with Crippen LogP contribution in [0.2, 0.25) is 0 Å². The highest BCUT2D eigenvalue weighted by molar-refractivity contribution is 5.78. The van der Waals surface area contributed by atoms with Gasteiger partial charge < -0.3 is 10.4 Å². The van der Waals surface area contributed by atoms with Crippen molar-refractivity contribution in [2.75, 3.05) is 6.54 Å². The number of carboxylic acids is 1. The maximum atomic E-state index is 12.2. The molecule has 112 valence electrons. The van der Waals surface area contributed by atoms with Crippen molar-refractivity contribution in [3.63, 3.8) is 0 Å². The summed E-state index contributed by atoms with van der Waals surface area (Å²) < 4.78 is 0. The van der Waals surface area contributed by atoms with Crippen LogP contribution < -0.4 is 5.32 Å². The Morgan fingerprint density at radius 2 is 1.65 bits per heavy atom. The summed E-state index contributed by atoms with van der Waals surface area (Å²) in [7, 11) is 0. The van der Waals surface area contributed by atoms with Crippen molar-refractivity contribution in [2.45, 2.75) is 51.9 Å². The van der Waals surface area contributed by atoms with Gasteiger partial charge in [-0.15, -0.1) is 0 Å².